The van der Waals surface area contributed by atoms with Gasteiger partial charge >= 0.3 is 12.1 Å². The lowest BCUT2D eigenvalue weighted by atomic mass is 9.81. The molecule has 0 radical (unpaired) electrons. The number of aliphatic carboxylic acids is 1. The lowest BCUT2D eigenvalue weighted by Gasteiger charge is -2.43. The molecule has 6 nitrogen and oxygen atoms in total. The number of allylic oxidation sites excluding steroid dienone is 1. The van der Waals surface area contributed by atoms with Crippen LogP contribution in [0, 0.1) is 11.8 Å². The predicted octanol–water partition coefficient (Wildman–Crippen LogP) is 2.30. The predicted molar refractivity (Wildman–Crippen MR) is 93.6 cm³/mol. The van der Waals surface area contributed by atoms with Crippen LogP contribution in [0.15, 0.2) is 34.9 Å². The van der Waals surface area contributed by atoms with E-state index in [4.69, 9.17) is 5.73 Å². The summed E-state index contributed by atoms with van der Waals surface area (Å²) in [4.78, 5) is 26.4. The van der Waals surface area contributed by atoms with Gasteiger partial charge in [-0.3, -0.25) is 4.79 Å². The quantitative estimate of drug-likeness (QED) is 0.546. The lowest BCUT2D eigenvalue weighted by molar-refractivity contribution is -0.181. The molecule has 1 amide bonds. The molecular weight excluding hydrogens is 394 g/mol. The standard InChI is InChI=1S/C19H21F4N3O3/c1-9-14-11(10-2-3-10)6-12(17(28)29)16(27)26(14)7-13(20)15(9)25-5-4-18(24,8-25)19(21,22)23/h6-7,10-11,14H,2-5,8,24H2,1H3,(H,28,29). The minimum Gasteiger partial charge on any atom is -0.478 e. The van der Waals surface area contributed by atoms with Crippen molar-refractivity contribution in [1.29, 1.82) is 0 Å². The van der Waals surface area contributed by atoms with Gasteiger partial charge in [-0.25, -0.2) is 9.18 Å². The zero-order chi connectivity index (χ0) is 21.3. The molecule has 10 heteroatoms. The van der Waals surface area contributed by atoms with Crippen molar-refractivity contribution >= 4 is 11.9 Å². The first-order valence-electron chi connectivity index (χ1n) is 9.41. The van der Waals surface area contributed by atoms with E-state index in [9.17, 15) is 32.3 Å². The third-order valence-electron chi connectivity index (χ3n) is 6.36. The Morgan fingerprint density at radius 2 is 2.00 bits per heavy atom. The van der Waals surface area contributed by atoms with Crippen LogP contribution < -0.4 is 5.73 Å². The van der Waals surface area contributed by atoms with E-state index in [0.717, 1.165) is 23.9 Å². The van der Waals surface area contributed by atoms with Gasteiger partial charge in [0, 0.05) is 25.2 Å². The Labute approximate surface area is 164 Å². The van der Waals surface area contributed by atoms with Gasteiger partial charge in [0.25, 0.3) is 5.91 Å². The average Bonchev–Trinajstić information content (AvgIpc) is 3.37. The summed E-state index contributed by atoms with van der Waals surface area (Å²) in [5.41, 5.74) is 3.16. The Kier molecular flexibility index (Phi) is 4.34. The van der Waals surface area contributed by atoms with Crippen molar-refractivity contribution < 1.29 is 32.3 Å². The average molecular weight is 415 g/mol. The zero-order valence-corrected chi connectivity index (χ0v) is 15.7. The fourth-order valence-corrected chi connectivity index (χ4v) is 4.65. The molecule has 3 aliphatic heterocycles. The van der Waals surface area contributed by atoms with Crippen LogP contribution in [0.2, 0.25) is 0 Å². The molecule has 4 aliphatic rings. The Bertz CT molecular complexity index is 874. The number of fused-ring (bicyclic) bond motifs is 1. The summed E-state index contributed by atoms with van der Waals surface area (Å²) in [5.74, 6) is -3.24. The smallest absolute Gasteiger partial charge is 0.408 e. The second-order valence-corrected chi connectivity index (χ2v) is 8.29. The van der Waals surface area contributed by atoms with Crippen molar-refractivity contribution in [1.82, 2.24) is 9.80 Å². The molecule has 0 aromatic carbocycles. The number of rotatable bonds is 3. The molecule has 3 heterocycles. The normalized spacial score (nSPS) is 33.0. The highest BCUT2D eigenvalue weighted by atomic mass is 19.4. The van der Waals surface area contributed by atoms with Crippen LogP contribution in [0.1, 0.15) is 26.2 Å². The molecule has 1 saturated heterocycles. The fourth-order valence-electron chi connectivity index (χ4n) is 4.65. The van der Waals surface area contributed by atoms with Gasteiger partial charge in [0.05, 0.1) is 11.7 Å². The summed E-state index contributed by atoms with van der Waals surface area (Å²) in [5, 5.41) is 9.34. The second kappa shape index (κ2) is 6.32. The molecule has 2 fully saturated rings. The van der Waals surface area contributed by atoms with Crippen molar-refractivity contribution in [2.75, 3.05) is 13.1 Å². The van der Waals surface area contributed by atoms with Crippen molar-refractivity contribution in [3.05, 3.63) is 34.9 Å². The molecule has 0 aromatic rings. The van der Waals surface area contributed by atoms with Gasteiger partial charge in [0.2, 0.25) is 0 Å². The van der Waals surface area contributed by atoms with Gasteiger partial charge in [-0.05, 0) is 37.7 Å². The van der Waals surface area contributed by atoms with Crippen LogP contribution in [0.3, 0.4) is 0 Å². The van der Waals surface area contributed by atoms with E-state index >= 15 is 0 Å². The van der Waals surface area contributed by atoms with Gasteiger partial charge in [-0.1, -0.05) is 6.08 Å². The van der Waals surface area contributed by atoms with Gasteiger partial charge in [-0.2, -0.15) is 13.2 Å². The first-order chi connectivity index (χ1) is 13.4. The van der Waals surface area contributed by atoms with Crippen LogP contribution in [0.4, 0.5) is 17.6 Å². The molecule has 3 N–H and O–H groups in total. The van der Waals surface area contributed by atoms with Crippen LogP contribution >= 0.6 is 0 Å². The molecule has 29 heavy (non-hydrogen) atoms. The third-order valence-corrected chi connectivity index (χ3v) is 6.36. The lowest BCUT2D eigenvalue weighted by Crippen LogP contribution is -2.55. The van der Waals surface area contributed by atoms with E-state index in [0.29, 0.717) is 5.57 Å². The maximum Gasteiger partial charge on any atom is 0.408 e. The van der Waals surface area contributed by atoms with Gasteiger partial charge in [0.15, 0.2) is 5.83 Å². The molecule has 1 saturated carbocycles. The molecule has 0 bridgehead atoms. The Morgan fingerprint density at radius 3 is 2.52 bits per heavy atom. The summed E-state index contributed by atoms with van der Waals surface area (Å²) in [7, 11) is 0. The van der Waals surface area contributed by atoms with E-state index in [1.54, 1.807) is 6.92 Å². The maximum absolute atomic E-state index is 15.0. The Hall–Kier alpha value is -2.36. The van der Waals surface area contributed by atoms with Crippen LogP contribution in [0.25, 0.3) is 0 Å². The zero-order valence-electron chi connectivity index (χ0n) is 15.7. The molecule has 158 valence electrons. The number of likely N-dealkylation sites (tertiary alicyclic amines) is 1. The number of halogens is 4. The summed E-state index contributed by atoms with van der Waals surface area (Å²) in [6, 6.07) is -0.619. The summed E-state index contributed by atoms with van der Waals surface area (Å²) < 4.78 is 54.9. The van der Waals surface area contributed by atoms with E-state index in [1.807, 2.05) is 0 Å². The fraction of sp³-hybridized carbons (Fsp3) is 0.579. The van der Waals surface area contributed by atoms with Gasteiger partial charge < -0.3 is 20.6 Å². The first-order valence-corrected chi connectivity index (χ1v) is 9.41. The maximum atomic E-state index is 15.0. The number of carbonyl (C=O) groups is 2. The van der Waals surface area contributed by atoms with E-state index in [2.05, 4.69) is 0 Å². The number of nitrogens with two attached hydrogens (primary N) is 1. The first kappa shape index (κ1) is 19.9. The number of hydrogen-bond acceptors (Lipinski definition) is 4. The summed E-state index contributed by atoms with van der Waals surface area (Å²) in [6.07, 6.45) is -0.924. The van der Waals surface area contributed by atoms with Gasteiger partial charge in [0.1, 0.15) is 11.1 Å². The minimum absolute atomic E-state index is 0.0217. The van der Waals surface area contributed by atoms with Crippen molar-refractivity contribution in [2.45, 2.75) is 43.9 Å². The highest BCUT2D eigenvalue weighted by molar-refractivity contribution is 6.16. The molecule has 3 atom stereocenters. The number of carbonyl (C=O) groups excluding carboxylic acids is 1. The van der Waals surface area contributed by atoms with Crippen LogP contribution in [0.5, 0.6) is 0 Å². The van der Waals surface area contributed by atoms with Crippen molar-refractivity contribution in [3.63, 3.8) is 0 Å². The largest absolute Gasteiger partial charge is 0.478 e. The molecule has 0 spiro atoms. The van der Waals surface area contributed by atoms with E-state index < -0.39 is 47.6 Å². The van der Waals surface area contributed by atoms with E-state index in [1.165, 1.54) is 11.0 Å². The topological polar surface area (TPSA) is 86.9 Å². The SMILES string of the molecule is CC1=C(N2CCC(N)(C(F)(F)F)C2)C(F)=CN2C(=O)C(C(=O)O)=CC(C3CC3)C12. The molecule has 0 aromatic heterocycles. The highest BCUT2D eigenvalue weighted by Crippen LogP contribution is 2.48. The number of carboxylic acids is 1. The number of hydrogen-bond donors (Lipinski definition) is 2. The van der Waals surface area contributed by atoms with Crippen LogP contribution in [-0.2, 0) is 9.59 Å². The second-order valence-electron chi connectivity index (χ2n) is 8.29. The van der Waals surface area contributed by atoms with Crippen LogP contribution in [-0.4, -0.2) is 57.6 Å². The Balaban J connectivity index is 1.73. The van der Waals surface area contributed by atoms with E-state index in [-0.39, 0.29) is 30.5 Å². The highest BCUT2D eigenvalue weighted by Gasteiger charge is 2.57. The van der Waals surface area contributed by atoms with Crippen molar-refractivity contribution in [3.8, 4) is 0 Å². The summed E-state index contributed by atoms with van der Waals surface area (Å²) >= 11 is 0. The molecule has 4 rings (SSSR count). The molecule has 1 aliphatic carbocycles. The summed E-state index contributed by atoms with van der Waals surface area (Å²) in [6.45, 7) is 0.955. The third kappa shape index (κ3) is 3.04. The number of amides is 1. The Morgan fingerprint density at radius 1 is 1.34 bits per heavy atom. The molecule has 3 unspecified atom stereocenters. The van der Waals surface area contributed by atoms with Crippen molar-refractivity contribution in [2.24, 2.45) is 17.6 Å². The number of alkyl halides is 3. The number of nitrogens with zero attached hydrogens (tertiary/aromatic N) is 2. The monoisotopic (exact) mass is 415 g/mol. The molecular formula is C19H21F4N3O3. The number of carboxylic acid groups (broad SMARTS) is 1. The van der Waals surface area contributed by atoms with Gasteiger partial charge in [-0.15, -0.1) is 0 Å². The minimum atomic E-state index is -4.62.